The summed E-state index contributed by atoms with van der Waals surface area (Å²) in [5.74, 6) is -39.2. The minimum atomic E-state index is -7.94. The molecule has 2 nitrogen and oxygen atoms in total. The van der Waals surface area contributed by atoms with Crippen LogP contribution in [0.3, 0.4) is 0 Å². The molecule has 0 saturated heterocycles. The highest BCUT2D eigenvalue weighted by molar-refractivity contribution is 7.99. The third-order valence-electron chi connectivity index (χ3n) is 6.38. The van der Waals surface area contributed by atoms with Crippen LogP contribution in [0, 0.1) is 0 Å². The number of esters is 1. The Morgan fingerprint density at radius 1 is 0.553 bits per heavy atom. The van der Waals surface area contributed by atoms with Gasteiger partial charge >= 0.3 is 47.9 Å². The third kappa shape index (κ3) is 7.43. The molecular formula is C28H16F16O2S. The molecule has 19 heteroatoms. The molecule has 0 amide bonds. The lowest BCUT2D eigenvalue weighted by Crippen LogP contribution is -2.70. The molecule has 0 spiro atoms. The largest absolute Gasteiger partial charge is 0.460 e. The van der Waals surface area contributed by atoms with Gasteiger partial charge in [-0.2, -0.15) is 70.2 Å². The van der Waals surface area contributed by atoms with E-state index >= 15 is 0 Å². The second-order valence-electron chi connectivity index (χ2n) is 9.61. The van der Waals surface area contributed by atoms with Crippen LogP contribution in [0.15, 0.2) is 77.7 Å². The summed E-state index contributed by atoms with van der Waals surface area (Å²) in [7, 11) is 0. The Balaban J connectivity index is 1.62. The van der Waals surface area contributed by atoms with Crippen LogP contribution in [0.1, 0.15) is 22.3 Å². The summed E-state index contributed by atoms with van der Waals surface area (Å²) in [5, 5.41) is 0. The van der Waals surface area contributed by atoms with Crippen LogP contribution in [0.5, 0.6) is 5.75 Å². The second-order valence-corrected chi connectivity index (χ2v) is 10.8. The summed E-state index contributed by atoms with van der Waals surface area (Å²) in [6.45, 7) is 0. The van der Waals surface area contributed by atoms with Crippen LogP contribution in [0.2, 0.25) is 0 Å². The number of rotatable bonds is 11. The van der Waals surface area contributed by atoms with Crippen molar-refractivity contribution < 1.29 is 79.8 Å². The molecular weight excluding hydrogens is 704 g/mol. The lowest BCUT2D eigenvalue weighted by molar-refractivity contribution is -0.439. The molecule has 0 bridgehead atoms. The van der Waals surface area contributed by atoms with Gasteiger partial charge in [0.15, 0.2) is 0 Å². The molecule has 0 aliphatic heterocycles. The number of alkyl halides is 16. The Labute approximate surface area is 257 Å². The molecule has 258 valence electrons. The zero-order valence-electron chi connectivity index (χ0n) is 22.6. The van der Waals surface area contributed by atoms with Crippen LogP contribution < -0.4 is 4.74 Å². The number of carbonyl (C=O) groups excluding carboxylic acids is 1. The van der Waals surface area contributed by atoms with E-state index in [4.69, 9.17) is 4.74 Å². The summed E-state index contributed by atoms with van der Waals surface area (Å²) < 4.78 is 215. The second kappa shape index (κ2) is 12.8. The molecule has 0 N–H and O–H groups in total. The van der Waals surface area contributed by atoms with Gasteiger partial charge in [0, 0.05) is 17.1 Å². The van der Waals surface area contributed by atoms with E-state index in [1.807, 2.05) is 0 Å². The maximum absolute atomic E-state index is 14.0. The number of benzene rings is 3. The number of hydrogen-bond acceptors (Lipinski definition) is 3. The Morgan fingerprint density at radius 2 is 1.00 bits per heavy atom. The Kier molecular flexibility index (Phi) is 10.3. The molecule has 0 aromatic heterocycles. The number of thioether (sulfide) groups is 1. The number of carbonyl (C=O) groups is 1. The Morgan fingerprint density at radius 3 is 1.45 bits per heavy atom. The van der Waals surface area contributed by atoms with Crippen molar-refractivity contribution >= 4 is 17.7 Å². The van der Waals surface area contributed by atoms with Gasteiger partial charge in [-0.05, 0) is 59.7 Å². The van der Waals surface area contributed by atoms with Crippen LogP contribution in [0.25, 0.3) is 11.1 Å². The maximum atomic E-state index is 14.0. The summed E-state index contributed by atoms with van der Waals surface area (Å²) in [6, 6.07) is 13.8. The van der Waals surface area contributed by atoms with E-state index in [1.54, 1.807) is 0 Å². The smallest absolute Gasteiger partial charge is 0.423 e. The number of halogens is 16. The van der Waals surface area contributed by atoms with Crippen molar-refractivity contribution in [2.75, 3.05) is 5.75 Å². The predicted octanol–water partition coefficient (Wildman–Crippen LogP) is 10.8. The zero-order chi connectivity index (χ0) is 35.9. The molecule has 0 saturated carbocycles. The van der Waals surface area contributed by atoms with E-state index in [9.17, 15) is 75.0 Å². The van der Waals surface area contributed by atoms with Gasteiger partial charge in [-0.15, -0.1) is 11.8 Å². The fourth-order valence-corrected chi connectivity index (χ4v) is 4.60. The summed E-state index contributed by atoms with van der Waals surface area (Å²) in [5.41, 5.74) is -0.265. The lowest BCUT2D eigenvalue weighted by Gasteiger charge is -2.39. The minimum Gasteiger partial charge on any atom is -0.423 e. The number of ether oxygens (including phenoxy) is 1. The average molecular weight is 720 g/mol. The number of hydrogen-bond donors (Lipinski definition) is 0. The first-order valence-corrected chi connectivity index (χ1v) is 13.4. The van der Waals surface area contributed by atoms with E-state index in [0.717, 1.165) is 12.1 Å². The molecule has 0 atom stereocenters. The van der Waals surface area contributed by atoms with Crippen molar-refractivity contribution in [3.63, 3.8) is 0 Å². The summed E-state index contributed by atoms with van der Waals surface area (Å²) in [4.78, 5) is 12.2. The van der Waals surface area contributed by atoms with Gasteiger partial charge in [-0.3, -0.25) is 0 Å². The third-order valence-corrected chi connectivity index (χ3v) is 7.40. The molecule has 0 aliphatic carbocycles. The predicted molar refractivity (Wildman–Crippen MR) is 134 cm³/mol. The highest BCUT2D eigenvalue weighted by Crippen LogP contribution is 2.60. The van der Waals surface area contributed by atoms with Crippen molar-refractivity contribution in [2.24, 2.45) is 0 Å². The SMILES string of the molecule is O=C(Oc1ccc(-c2ccc(SCCC(F)(F)C(F)(F)C(F)(F)C(F)(F)C(F)(F)C(F)(F)F)cc2)cc1)c1ccc(C(F)(F)F)cc1. The fraction of sp³-hybridized carbons (Fsp3) is 0.321. The summed E-state index contributed by atoms with van der Waals surface area (Å²) in [6.07, 6.45) is -14.4. The van der Waals surface area contributed by atoms with Crippen molar-refractivity contribution in [3.8, 4) is 16.9 Å². The quantitative estimate of drug-likeness (QED) is 0.0854. The first kappa shape index (κ1) is 37.8. The van der Waals surface area contributed by atoms with Gasteiger partial charge in [0.1, 0.15) is 5.75 Å². The first-order valence-electron chi connectivity index (χ1n) is 12.4. The molecule has 3 rings (SSSR count). The van der Waals surface area contributed by atoms with Gasteiger partial charge in [-0.25, -0.2) is 4.79 Å². The Bertz CT molecular complexity index is 1530. The highest BCUT2D eigenvalue weighted by Gasteiger charge is 2.90. The zero-order valence-corrected chi connectivity index (χ0v) is 23.4. The van der Waals surface area contributed by atoms with E-state index in [1.165, 1.54) is 48.5 Å². The van der Waals surface area contributed by atoms with Crippen LogP contribution in [0.4, 0.5) is 70.2 Å². The topological polar surface area (TPSA) is 26.3 Å². The van der Waals surface area contributed by atoms with E-state index in [0.29, 0.717) is 35.0 Å². The van der Waals surface area contributed by atoms with E-state index < -0.39 is 65.7 Å². The maximum Gasteiger partial charge on any atom is 0.460 e. The molecule has 0 fully saturated rings. The molecule has 0 heterocycles. The normalized spacial score (nSPS) is 13.9. The van der Waals surface area contributed by atoms with Crippen LogP contribution in [-0.4, -0.2) is 47.5 Å². The molecule has 0 unspecified atom stereocenters. The van der Waals surface area contributed by atoms with Gasteiger partial charge in [0.05, 0.1) is 11.1 Å². The highest BCUT2D eigenvalue weighted by atomic mass is 32.2. The minimum absolute atomic E-state index is 0.00554. The fourth-order valence-electron chi connectivity index (χ4n) is 3.68. The van der Waals surface area contributed by atoms with Crippen molar-refractivity contribution in [1.82, 2.24) is 0 Å². The summed E-state index contributed by atoms with van der Waals surface area (Å²) >= 11 is 0.311. The van der Waals surface area contributed by atoms with Crippen molar-refractivity contribution in [1.29, 1.82) is 0 Å². The van der Waals surface area contributed by atoms with Gasteiger partial charge < -0.3 is 4.74 Å². The molecule has 47 heavy (non-hydrogen) atoms. The molecule has 3 aromatic carbocycles. The molecule has 3 aromatic rings. The first-order chi connectivity index (χ1) is 21.3. The molecule has 0 radical (unpaired) electrons. The van der Waals surface area contributed by atoms with Crippen LogP contribution >= 0.6 is 11.8 Å². The lowest BCUT2D eigenvalue weighted by atomic mass is 9.93. The van der Waals surface area contributed by atoms with E-state index in [-0.39, 0.29) is 16.2 Å². The van der Waals surface area contributed by atoms with Gasteiger partial charge in [0.2, 0.25) is 0 Å². The average Bonchev–Trinajstić information content (AvgIpc) is 2.96. The van der Waals surface area contributed by atoms with Gasteiger partial charge in [-0.1, -0.05) is 24.3 Å². The van der Waals surface area contributed by atoms with Crippen molar-refractivity contribution in [3.05, 3.63) is 83.9 Å². The monoisotopic (exact) mass is 720 g/mol. The van der Waals surface area contributed by atoms with Gasteiger partial charge in [0.25, 0.3) is 0 Å². The standard InChI is InChI=1S/C28H16F16O2S/c29-22(30,24(34,35)25(36,37)26(38,39)27(40,41)28(42,43)44)13-14-47-20-11-5-16(6-12-20)15-3-9-19(10-4-15)46-21(45)17-1-7-18(8-2-17)23(31,32)33/h1-12H,13-14H2. The molecule has 0 aliphatic rings. The van der Waals surface area contributed by atoms with E-state index in [2.05, 4.69) is 0 Å². The van der Waals surface area contributed by atoms with Crippen LogP contribution in [-0.2, 0) is 6.18 Å². The van der Waals surface area contributed by atoms with Crippen molar-refractivity contribution in [2.45, 2.75) is 53.3 Å². The Hall–Kier alpha value is -3.64.